The van der Waals surface area contributed by atoms with Crippen LogP contribution in [0.3, 0.4) is 0 Å². The van der Waals surface area contributed by atoms with Crippen LogP contribution < -0.4 is 5.73 Å². The first kappa shape index (κ1) is 12.9. The lowest BCUT2D eigenvalue weighted by Crippen LogP contribution is -2.48. The molecule has 4 heteroatoms. The minimum atomic E-state index is -1.13. The molecule has 0 spiro atoms. The molecule has 3 N–H and O–H groups in total. The van der Waals surface area contributed by atoms with Crippen molar-refractivity contribution in [3.05, 3.63) is 29.3 Å². The van der Waals surface area contributed by atoms with Crippen molar-refractivity contribution >= 4 is 11.6 Å². The third-order valence-corrected chi connectivity index (χ3v) is 3.55. The van der Waals surface area contributed by atoms with Crippen LogP contribution in [-0.2, 0) is 11.2 Å². The van der Waals surface area contributed by atoms with Crippen molar-refractivity contribution in [2.24, 2.45) is 0 Å². The van der Waals surface area contributed by atoms with Gasteiger partial charge in [-0.2, -0.15) is 0 Å². The fourth-order valence-electron chi connectivity index (χ4n) is 2.50. The number of likely N-dealkylation sites (tertiary alicyclic amines) is 1. The molecule has 0 radical (unpaired) electrons. The van der Waals surface area contributed by atoms with Gasteiger partial charge < -0.3 is 15.7 Å². The van der Waals surface area contributed by atoms with Crippen molar-refractivity contribution < 1.29 is 9.90 Å². The van der Waals surface area contributed by atoms with Gasteiger partial charge in [-0.25, -0.2) is 0 Å². The third-order valence-electron chi connectivity index (χ3n) is 3.55. The monoisotopic (exact) mass is 248 g/mol. The molecule has 0 aromatic heterocycles. The van der Waals surface area contributed by atoms with Crippen LogP contribution in [0.2, 0.25) is 0 Å². The number of nitrogen functional groups attached to an aromatic ring is 1. The summed E-state index contributed by atoms with van der Waals surface area (Å²) in [4.78, 5) is 13.3. The normalized spacial score (nSPS) is 19.1. The molecule has 1 atom stereocenters. The maximum Gasteiger partial charge on any atom is 0.224 e. The molecule has 1 unspecified atom stereocenters. The fourth-order valence-corrected chi connectivity index (χ4v) is 2.50. The van der Waals surface area contributed by atoms with Gasteiger partial charge in [0.25, 0.3) is 0 Å². The molecule has 0 saturated carbocycles. The molecular weight excluding hydrogens is 228 g/mol. The van der Waals surface area contributed by atoms with Crippen molar-refractivity contribution in [1.29, 1.82) is 0 Å². The van der Waals surface area contributed by atoms with Crippen LogP contribution in [0.4, 0.5) is 5.69 Å². The number of benzene rings is 1. The van der Waals surface area contributed by atoms with E-state index in [9.17, 15) is 9.90 Å². The van der Waals surface area contributed by atoms with Crippen molar-refractivity contribution in [3.8, 4) is 0 Å². The molecule has 1 amide bonds. The predicted molar refractivity (Wildman–Crippen MR) is 70.9 cm³/mol. The highest BCUT2D eigenvalue weighted by molar-refractivity contribution is 5.78. The van der Waals surface area contributed by atoms with Gasteiger partial charge in [-0.3, -0.25) is 4.79 Å². The average Bonchev–Trinajstić information content (AvgIpc) is 2.70. The van der Waals surface area contributed by atoms with Crippen molar-refractivity contribution in [2.45, 2.75) is 38.8 Å². The Morgan fingerprint density at radius 3 is 2.83 bits per heavy atom. The smallest absolute Gasteiger partial charge is 0.224 e. The van der Waals surface area contributed by atoms with Gasteiger partial charge in [-0.1, -0.05) is 6.07 Å². The van der Waals surface area contributed by atoms with Gasteiger partial charge in [0.1, 0.15) is 5.72 Å². The molecule has 1 aromatic rings. The van der Waals surface area contributed by atoms with Gasteiger partial charge in [0.15, 0.2) is 0 Å². The maximum atomic E-state index is 11.7. The van der Waals surface area contributed by atoms with Crippen molar-refractivity contribution in [2.75, 3.05) is 12.3 Å². The van der Waals surface area contributed by atoms with Crippen molar-refractivity contribution in [1.82, 2.24) is 4.90 Å². The summed E-state index contributed by atoms with van der Waals surface area (Å²) in [5.41, 5.74) is 7.38. The first-order valence-corrected chi connectivity index (χ1v) is 6.28. The van der Waals surface area contributed by atoms with E-state index in [0.29, 0.717) is 25.1 Å². The number of carbonyl (C=O) groups is 1. The minimum absolute atomic E-state index is 0.0292. The van der Waals surface area contributed by atoms with Gasteiger partial charge in [0.2, 0.25) is 5.91 Å². The lowest BCUT2D eigenvalue weighted by Gasteiger charge is -2.34. The largest absolute Gasteiger partial charge is 0.399 e. The van der Waals surface area contributed by atoms with E-state index in [-0.39, 0.29) is 5.91 Å². The summed E-state index contributed by atoms with van der Waals surface area (Å²) in [6.45, 7) is 4.31. The molecule has 0 aliphatic carbocycles. The summed E-state index contributed by atoms with van der Waals surface area (Å²) >= 11 is 0. The number of anilines is 1. The zero-order valence-corrected chi connectivity index (χ0v) is 10.9. The lowest BCUT2D eigenvalue weighted by atomic mass is 9.98. The van der Waals surface area contributed by atoms with Crippen LogP contribution in [0.15, 0.2) is 18.2 Å². The topological polar surface area (TPSA) is 66.6 Å². The Bertz CT molecular complexity index is 469. The van der Waals surface area contributed by atoms with Gasteiger partial charge in [0.05, 0.1) is 0 Å². The van der Waals surface area contributed by atoms with Gasteiger partial charge >= 0.3 is 0 Å². The third kappa shape index (κ3) is 2.48. The van der Waals surface area contributed by atoms with E-state index in [1.54, 1.807) is 11.8 Å². The molecule has 1 saturated heterocycles. The van der Waals surface area contributed by atoms with E-state index < -0.39 is 5.72 Å². The van der Waals surface area contributed by atoms with Crippen LogP contribution in [0.25, 0.3) is 0 Å². The van der Waals surface area contributed by atoms with E-state index in [1.165, 1.54) is 0 Å². The van der Waals surface area contributed by atoms with Crippen LogP contribution in [-0.4, -0.2) is 28.2 Å². The fraction of sp³-hybridized carbons (Fsp3) is 0.500. The Morgan fingerprint density at radius 1 is 1.50 bits per heavy atom. The molecule has 2 rings (SSSR count). The maximum absolute atomic E-state index is 11.7. The second-order valence-corrected chi connectivity index (χ2v) is 5.23. The molecule has 1 fully saturated rings. The van der Waals surface area contributed by atoms with Crippen LogP contribution >= 0.6 is 0 Å². The summed E-state index contributed by atoms with van der Waals surface area (Å²) in [6, 6.07) is 5.64. The first-order chi connectivity index (χ1) is 8.40. The summed E-state index contributed by atoms with van der Waals surface area (Å²) < 4.78 is 0. The summed E-state index contributed by atoms with van der Waals surface area (Å²) in [7, 11) is 0. The van der Waals surface area contributed by atoms with E-state index in [1.807, 2.05) is 25.1 Å². The Kier molecular flexibility index (Phi) is 3.30. The van der Waals surface area contributed by atoms with Crippen LogP contribution in [0, 0.1) is 6.92 Å². The number of hydrogen-bond acceptors (Lipinski definition) is 3. The Morgan fingerprint density at radius 2 is 2.22 bits per heavy atom. The number of carbonyl (C=O) groups excluding carboxylic acids is 1. The van der Waals surface area contributed by atoms with Crippen LogP contribution in [0.5, 0.6) is 0 Å². The highest BCUT2D eigenvalue weighted by Crippen LogP contribution is 2.26. The molecule has 1 aliphatic rings. The van der Waals surface area contributed by atoms with E-state index in [0.717, 1.165) is 17.5 Å². The van der Waals surface area contributed by atoms with Crippen LogP contribution in [0.1, 0.15) is 30.9 Å². The number of nitrogens with two attached hydrogens (primary N) is 1. The molecule has 0 bridgehead atoms. The minimum Gasteiger partial charge on any atom is -0.399 e. The zero-order chi connectivity index (χ0) is 13.3. The van der Waals surface area contributed by atoms with E-state index in [4.69, 9.17) is 5.73 Å². The van der Waals surface area contributed by atoms with Gasteiger partial charge in [0, 0.05) is 25.1 Å². The van der Waals surface area contributed by atoms with E-state index in [2.05, 4.69) is 0 Å². The zero-order valence-electron chi connectivity index (χ0n) is 10.9. The molecule has 18 heavy (non-hydrogen) atoms. The number of aryl methyl sites for hydroxylation is 1. The summed E-state index contributed by atoms with van der Waals surface area (Å²) in [6.07, 6.45) is 1.77. The van der Waals surface area contributed by atoms with E-state index >= 15 is 0 Å². The Labute approximate surface area is 107 Å². The highest BCUT2D eigenvalue weighted by atomic mass is 16.3. The highest BCUT2D eigenvalue weighted by Gasteiger charge is 2.36. The number of hydrogen-bond donors (Lipinski definition) is 2. The second-order valence-electron chi connectivity index (χ2n) is 5.23. The molecular formula is C14H20N2O2. The number of amides is 1. The molecule has 1 aromatic carbocycles. The second kappa shape index (κ2) is 4.61. The number of rotatable bonds is 3. The average molecular weight is 248 g/mol. The first-order valence-electron chi connectivity index (χ1n) is 6.28. The Balaban J connectivity index is 2.21. The quantitative estimate of drug-likeness (QED) is 0.796. The number of nitrogens with zero attached hydrogens (tertiary/aromatic N) is 1. The SMILES string of the molecule is Cc1ccc(N)cc1CC(C)(O)N1CCCC1=O. The molecule has 4 nitrogen and oxygen atoms in total. The molecule has 1 heterocycles. The molecule has 98 valence electrons. The predicted octanol–water partition coefficient (Wildman–Crippen LogP) is 1.45. The summed E-state index contributed by atoms with van der Waals surface area (Å²) in [5, 5.41) is 10.5. The standard InChI is InChI=1S/C14H20N2O2/c1-10-5-6-12(15)8-11(10)9-14(2,18)16-7-3-4-13(16)17/h5-6,8,18H,3-4,7,9,15H2,1-2H3. The van der Waals surface area contributed by atoms with Gasteiger partial charge in [-0.05, 0) is 43.5 Å². The molecule has 1 aliphatic heterocycles. The van der Waals surface area contributed by atoms with Gasteiger partial charge in [-0.15, -0.1) is 0 Å². The lowest BCUT2D eigenvalue weighted by molar-refractivity contribution is -0.149. The number of aliphatic hydroxyl groups is 1. The summed E-state index contributed by atoms with van der Waals surface area (Å²) in [5.74, 6) is 0.0292. The van der Waals surface area contributed by atoms with Crippen molar-refractivity contribution in [3.63, 3.8) is 0 Å². The Hall–Kier alpha value is -1.55.